The molecule has 0 atom stereocenters. The highest BCUT2D eigenvalue weighted by Crippen LogP contribution is 2.27. The van der Waals surface area contributed by atoms with Gasteiger partial charge in [0.2, 0.25) is 10.0 Å². The fraction of sp³-hybridized carbons (Fsp3) is 0.312. The number of halogens is 1. The molecule has 2 heterocycles. The van der Waals surface area contributed by atoms with Crippen molar-refractivity contribution in [1.29, 1.82) is 0 Å². The van der Waals surface area contributed by atoms with Gasteiger partial charge in [0.25, 0.3) is 0 Å². The summed E-state index contributed by atoms with van der Waals surface area (Å²) in [6.07, 6.45) is 2.63. The molecule has 140 valence electrons. The number of benzene rings is 1. The van der Waals surface area contributed by atoms with Crippen molar-refractivity contribution < 1.29 is 16.8 Å². The molecule has 10 heteroatoms. The summed E-state index contributed by atoms with van der Waals surface area (Å²) in [6, 6.07) is 9.13. The average Bonchev–Trinajstić information content (AvgIpc) is 2.61. The van der Waals surface area contributed by atoms with Crippen LogP contribution in [0.2, 0.25) is 5.02 Å². The van der Waals surface area contributed by atoms with Gasteiger partial charge in [-0.15, -0.1) is 0 Å². The Kier molecular flexibility index (Phi) is 5.25. The number of sulfonamides is 1. The predicted octanol–water partition coefficient (Wildman–Crippen LogP) is 1.65. The number of hydrogen-bond acceptors (Lipinski definition) is 6. The van der Waals surface area contributed by atoms with Crippen LogP contribution in [-0.2, 0) is 19.9 Å². The van der Waals surface area contributed by atoms with Gasteiger partial charge in [0.05, 0.1) is 9.92 Å². The lowest BCUT2D eigenvalue weighted by Crippen LogP contribution is -2.49. The van der Waals surface area contributed by atoms with E-state index in [2.05, 4.69) is 4.98 Å². The van der Waals surface area contributed by atoms with Gasteiger partial charge in [0.15, 0.2) is 9.84 Å². The molecular formula is C16H18ClN3O4S2. The smallest absolute Gasteiger partial charge is 0.244 e. The molecule has 0 amide bonds. The number of sulfone groups is 1. The summed E-state index contributed by atoms with van der Waals surface area (Å²) in [5.74, 6) is 0.614. The molecular weight excluding hydrogens is 398 g/mol. The molecule has 1 aliphatic rings. The van der Waals surface area contributed by atoms with Crippen LogP contribution in [0, 0.1) is 0 Å². The Labute approximate surface area is 158 Å². The molecule has 1 aliphatic heterocycles. The van der Waals surface area contributed by atoms with E-state index in [1.54, 1.807) is 18.3 Å². The summed E-state index contributed by atoms with van der Waals surface area (Å²) in [7, 11) is -7.58. The third-order valence-corrected chi connectivity index (χ3v) is 7.68. The van der Waals surface area contributed by atoms with Crippen molar-refractivity contribution in [1.82, 2.24) is 9.29 Å². The highest BCUT2D eigenvalue weighted by atomic mass is 35.5. The van der Waals surface area contributed by atoms with Crippen LogP contribution in [0.5, 0.6) is 0 Å². The first-order valence-corrected chi connectivity index (χ1v) is 11.6. The fourth-order valence-corrected chi connectivity index (χ4v) is 6.12. The van der Waals surface area contributed by atoms with Crippen LogP contribution < -0.4 is 4.90 Å². The van der Waals surface area contributed by atoms with Crippen LogP contribution in [0.3, 0.4) is 0 Å². The van der Waals surface area contributed by atoms with Gasteiger partial charge in [-0.2, -0.15) is 4.31 Å². The number of pyridine rings is 1. The fourth-order valence-electron chi connectivity index (χ4n) is 2.86. The van der Waals surface area contributed by atoms with Crippen molar-refractivity contribution in [2.75, 3.05) is 37.3 Å². The SMILES string of the molecule is CS(=O)(=O)c1ccccc1S(=O)(=O)N1CCN(c2ncccc2Cl)CC1. The molecule has 26 heavy (non-hydrogen) atoms. The van der Waals surface area contributed by atoms with E-state index in [9.17, 15) is 16.8 Å². The summed E-state index contributed by atoms with van der Waals surface area (Å²) in [5.41, 5.74) is 0. The summed E-state index contributed by atoms with van der Waals surface area (Å²) >= 11 is 6.15. The van der Waals surface area contributed by atoms with Crippen LogP contribution in [0.25, 0.3) is 0 Å². The highest BCUT2D eigenvalue weighted by Gasteiger charge is 2.32. The molecule has 0 radical (unpaired) electrons. The lowest BCUT2D eigenvalue weighted by atomic mass is 10.3. The third kappa shape index (κ3) is 3.71. The van der Waals surface area contributed by atoms with Gasteiger partial charge in [-0.1, -0.05) is 23.7 Å². The highest BCUT2D eigenvalue weighted by molar-refractivity contribution is 7.93. The van der Waals surface area contributed by atoms with Crippen LogP contribution in [0.15, 0.2) is 52.4 Å². The molecule has 1 aromatic carbocycles. The second-order valence-corrected chi connectivity index (χ2v) is 10.2. The maximum absolute atomic E-state index is 13.0. The van der Waals surface area contributed by atoms with E-state index in [0.717, 1.165) is 6.26 Å². The average molecular weight is 416 g/mol. The molecule has 0 unspecified atom stereocenters. The van der Waals surface area contributed by atoms with Crippen molar-refractivity contribution in [3.8, 4) is 0 Å². The molecule has 3 rings (SSSR count). The molecule has 0 spiro atoms. The first kappa shape index (κ1) is 19.1. The van der Waals surface area contributed by atoms with E-state index in [0.29, 0.717) is 23.9 Å². The van der Waals surface area contributed by atoms with Gasteiger partial charge in [0.1, 0.15) is 10.7 Å². The van der Waals surface area contributed by atoms with Crippen LogP contribution >= 0.6 is 11.6 Å². The zero-order chi connectivity index (χ0) is 18.9. The second kappa shape index (κ2) is 7.15. The topological polar surface area (TPSA) is 87.6 Å². The Morgan fingerprint density at radius 3 is 2.12 bits per heavy atom. The second-order valence-electron chi connectivity index (χ2n) is 5.92. The minimum absolute atomic E-state index is 0.185. The molecule has 1 fully saturated rings. The monoisotopic (exact) mass is 415 g/mol. The van der Waals surface area contributed by atoms with Crippen molar-refractivity contribution in [2.24, 2.45) is 0 Å². The maximum atomic E-state index is 13.0. The van der Waals surface area contributed by atoms with Crippen LogP contribution in [0.4, 0.5) is 5.82 Å². The zero-order valence-electron chi connectivity index (χ0n) is 14.0. The van der Waals surface area contributed by atoms with Crippen molar-refractivity contribution in [3.63, 3.8) is 0 Å². The van der Waals surface area contributed by atoms with E-state index < -0.39 is 19.9 Å². The zero-order valence-corrected chi connectivity index (χ0v) is 16.4. The number of hydrogen-bond donors (Lipinski definition) is 0. The van der Waals surface area contributed by atoms with E-state index in [1.807, 2.05) is 4.90 Å². The Balaban J connectivity index is 1.85. The van der Waals surface area contributed by atoms with Crippen LogP contribution in [0.1, 0.15) is 0 Å². The molecule has 0 N–H and O–H groups in total. The Hall–Kier alpha value is -1.68. The molecule has 2 aromatic rings. The normalized spacial score (nSPS) is 16.6. The van der Waals surface area contributed by atoms with Gasteiger partial charge in [-0.05, 0) is 24.3 Å². The van der Waals surface area contributed by atoms with E-state index >= 15 is 0 Å². The van der Waals surface area contributed by atoms with Gasteiger partial charge in [-0.25, -0.2) is 21.8 Å². The van der Waals surface area contributed by atoms with Gasteiger partial charge < -0.3 is 4.90 Å². The molecule has 7 nitrogen and oxygen atoms in total. The van der Waals surface area contributed by atoms with Gasteiger partial charge >= 0.3 is 0 Å². The summed E-state index contributed by atoms with van der Waals surface area (Å²) in [6.45, 7) is 1.26. The number of rotatable bonds is 4. The minimum Gasteiger partial charge on any atom is -0.353 e. The Bertz CT molecular complexity index is 1020. The van der Waals surface area contributed by atoms with Crippen molar-refractivity contribution >= 4 is 37.3 Å². The predicted molar refractivity (Wildman–Crippen MR) is 99.8 cm³/mol. The standard InChI is InChI=1S/C16H18ClN3O4S2/c1-25(21,22)14-6-2-3-7-15(14)26(23,24)20-11-9-19(10-12-20)16-13(17)5-4-8-18-16/h2-8H,9-12H2,1H3. The number of nitrogens with zero attached hydrogens (tertiary/aromatic N) is 3. The quantitative estimate of drug-likeness (QED) is 0.754. The molecule has 0 aliphatic carbocycles. The Morgan fingerprint density at radius 1 is 0.923 bits per heavy atom. The minimum atomic E-state index is -3.92. The number of anilines is 1. The van der Waals surface area contributed by atoms with Crippen molar-refractivity contribution in [3.05, 3.63) is 47.6 Å². The molecule has 0 bridgehead atoms. The van der Waals surface area contributed by atoms with Crippen molar-refractivity contribution in [2.45, 2.75) is 9.79 Å². The van der Waals surface area contributed by atoms with E-state index in [1.165, 1.54) is 28.6 Å². The van der Waals surface area contributed by atoms with Gasteiger partial charge in [0, 0.05) is 38.6 Å². The first-order valence-electron chi connectivity index (χ1n) is 7.86. The maximum Gasteiger partial charge on any atom is 0.244 e. The third-order valence-electron chi connectivity index (χ3n) is 4.14. The summed E-state index contributed by atoms with van der Waals surface area (Å²) < 4.78 is 51.1. The number of piperazine rings is 1. The molecule has 1 aromatic heterocycles. The number of aromatic nitrogens is 1. The van der Waals surface area contributed by atoms with E-state index in [4.69, 9.17) is 11.6 Å². The Morgan fingerprint density at radius 2 is 1.54 bits per heavy atom. The summed E-state index contributed by atoms with van der Waals surface area (Å²) in [4.78, 5) is 5.78. The molecule has 1 saturated heterocycles. The first-order chi connectivity index (χ1) is 12.2. The lowest BCUT2D eigenvalue weighted by Gasteiger charge is -2.35. The largest absolute Gasteiger partial charge is 0.353 e. The lowest BCUT2D eigenvalue weighted by molar-refractivity contribution is 0.383. The summed E-state index contributed by atoms with van der Waals surface area (Å²) in [5, 5.41) is 0.506. The molecule has 0 saturated carbocycles. The van der Waals surface area contributed by atoms with E-state index in [-0.39, 0.29) is 22.9 Å². The van der Waals surface area contributed by atoms with Gasteiger partial charge in [-0.3, -0.25) is 0 Å². The van der Waals surface area contributed by atoms with Crippen LogP contribution in [-0.4, -0.2) is 58.6 Å².